The summed E-state index contributed by atoms with van der Waals surface area (Å²) < 4.78 is 13.6. The predicted octanol–water partition coefficient (Wildman–Crippen LogP) is 5.80. The molecule has 1 heterocycles. The number of methoxy groups -OCH3 is 1. The molecule has 4 rings (SSSR count). The molecule has 1 aromatic heterocycles. The van der Waals surface area contributed by atoms with E-state index in [1.165, 1.54) is 11.1 Å². The van der Waals surface area contributed by atoms with Gasteiger partial charge in [-0.3, -0.25) is 0 Å². The summed E-state index contributed by atoms with van der Waals surface area (Å²) in [6, 6.07) is 22.7. The van der Waals surface area contributed by atoms with Gasteiger partial charge in [0.2, 0.25) is 0 Å². The molecule has 4 nitrogen and oxygen atoms in total. The van der Waals surface area contributed by atoms with Crippen molar-refractivity contribution >= 4 is 11.0 Å². The molecule has 148 valence electrons. The second-order valence-corrected chi connectivity index (χ2v) is 7.28. The van der Waals surface area contributed by atoms with Gasteiger partial charge in [0.15, 0.2) is 0 Å². The minimum atomic E-state index is 0.666. The van der Waals surface area contributed by atoms with Crippen LogP contribution in [-0.4, -0.2) is 23.3 Å². The molecule has 0 saturated carbocycles. The van der Waals surface area contributed by atoms with E-state index in [2.05, 4.69) is 66.9 Å². The Labute approximate surface area is 171 Å². The largest absolute Gasteiger partial charge is 0.497 e. The normalized spacial score (nSPS) is 11.0. The Morgan fingerprint density at radius 2 is 1.72 bits per heavy atom. The topological polar surface area (TPSA) is 36.3 Å². The van der Waals surface area contributed by atoms with Gasteiger partial charge in [-0.1, -0.05) is 24.3 Å². The molecule has 0 N–H and O–H groups in total. The number of benzene rings is 3. The second-order valence-electron chi connectivity index (χ2n) is 7.28. The summed E-state index contributed by atoms with van der Waals surface area (Å²) in [5, 5.41) is 0. The van der Waals surface area contributed by atoms with Gasteiger partial charge in [-0.15, -0.1) is 0 Å². The summed E-state index contributed by atoms with van der Waals surface area (Å²) in [4.78, 5) is 4.88. The maximum atomic E-state index is 6.05. The Bertz CT molecular complexity index is 1110. The summed E-state index contributed by atoms with van der Waals surface area (Å²) in [5.41, 5.74) is 5.62. The van der Waals surface area contributed by atoms with E-state index in [0.717, 1.165) is 46.9 Å². The minimum Gasteiger partial charge on any atom is -0.497 e. The Kier molecular flexibility index (Phi) is 5.52. The lowest BCUT2D eigenvalue weighted by molar-refractivity contribution is 0.301. The monoisotopic (exact) mass is 386 g/mol. The highest BCUT2D eigenvalue weighted by Gasteiger charge is 2.12. The van der Waals surface area contributed by atoms with Crippen LogP contribution in [0.1, 0.15) is 17.5 Å². The van der Waals surface area contributed by atoms with Crippen molar-refractivity contribution in [3.63, 3.8) is 0 Å². The highest BCUT2D eigenvalue weighted by atomic mass is 16.5. The molecule has 4 heteroatoms. The molecule has 0 atom stereocenters. The van der Waals surface area contributed by atoms with Crippen molar-refractivity contribution in [2.24, 2.45) is 0 Å². The Hall–Kier alpha value is -3.27. The molecule has 4 aromatic rings. The van der Waals surface area contributed by atoms with Crippen LogP contribution in [0, 0.1) is 13.8 Å². The van der Waals surface area contributed by atoms with Crippen LogP contribution in [-0.2, 0) is 6.54 Å². The van der Waals surface area contributed by atoms with Gasteiger partial charge in [-0.05, 0) is 73.9 Å². The number of aromatic nitrogens is 2. The van der Waals surface area contributed by atoms with Gasteiger partial charge in [0, 0.05) is 12.1 Å². The lowest BCUT2D eigenvalue weighted by Gasteiger charge is -2.12. The molecule has 0 aliphatic carbocycles. The smallest absolute Gasteiger partial charge is 0.141 e. The minimum absolute atomic E-state index is 0.666. The zero-order valence-electron chi connectivity index (χ0n) is 17.2. The number of fused-ring (bicyclic) bond motifs is 1. The first-order valence-electron chi connectivity index (χ1n) is 9.95. The second kappa shape index (κ2) is 8.39. The van der Waals surface area contributed by atoms with E-state index < -0.39 is 0 Å². The Balaban J connectivity index is 1.55. The lowest BCUT2D eigenvalue weighted by Crippen LogP contribution is -2.06. The van der Waals surface area contributed by atoms with E-state index in [1.807, 2.05) is 18.2 Å². The molecule has 0 unspecified atom stereocenters. The Morgan fingerprint density at radius 3 is 2.52 bits per heavy atom. The lowest BCUT2D eigenvalue weighted by atomic mass is 10.1. The van der Waals surface area contributed by atoms with E-state index >= 15 is 0 Å². The molecule has 0 fully saturated rings. The van der Waals surface area contributed by atoms with Crippen molar-refractivity contribution in [2.45, 2.75) is 26.8 Å². The Morgan fingerprint density at radius 1 is 0.931 bits per heavy atom. The summed E-state index contributed by atoms with van der Waals surface area (Å²) in [6.07, 6.45) is 0.900. The molecule has 3 aromatic carbocycles. The quantitative estimate of drug-likeness (QED) is 0.377. The molecule has 29 heavy (non-hydrogen) atoms. The third kappa shape index (κ3) is 4.11. The van der Waals surface area contributed by atoms with Gasteiger partial charge in [-0.2, -0.15) is 0 Å². The van der Waals surface area contributed by atoms with Crippen LogP contribution in [0.25, 0.3) is 22.4 Å². The van der Waals surface area contributed by atoms with E-state index in [1.54, 1.807) is 7.11 Å². The van der Waals surface area contributed by atoms with E-state index in [4.69, 9.17) is 14.5 Å². The standard InChI is InChI=1S/C25H26N2O2/c1-18-9-10-19(2)24(17-18)29-16-6-15-27-23-8-5-4-7-22(23)26-25(27)20-11-13-21(28-3)14-12-20/h4-5,7-14,17H,6,15-16H2,1-3H3. The molecule has 0 radical (unpaired) electrons. The SMILES string of the molecule is COc1ccc(-c2nc3ccccc3n2CCCOc2cc(C)ccc2C)cc1. The molecular weight excluding hydrogens is 360 g/mol. The van der Waals surface area contributed by atoms with Crippen LogP contribution < -0.4 is 9.47 Å². The van der Waals surface area contributed by atoms with Gasteiger partial charge in [0.05, 0.1) is 24.8 Å². The summed E-state index contributed by atoms with van der Waals surface area (Å²) in [6.45, 7) is 5.68. The number of rotatable bonds is 7. The average molecular weight is 386 g/mol. The molecular formula is C25H26N2O2. The van der Waals surface area contributed by atoms with Gasteiger partial charge in [0.25, 0.3) is 0 Å². The van der Waals surface area contributed by atoms with Gasteiger partial charge >= 0.3 is 0 Å². The van der Waals surface area contributed by atoms with Crippen molar-refractivity contribution in [3.8, 4) is 22.9 Å². The molecule has 0 saturated heterocycles. The third-order valence-electron chi connectivity index (χ3n) is 5.13. The molecule has 0 aliphatic rings. The third-order valence-corrected chi connectivity index (χ3v) is 5.13. The summed E-state index contributed by atoms with van der Waals surface area (Å²) in [7, 11) is 1.68. The fourth-order valence-corrected chi connectivity index (χ4v) is 3.53. The van der Waals surface area contributed by atoms with E-state index in [9.17, 15) is 0 Å². The number of para-hydroxylation sites is 2. The number of imidazole rings is 1. The van der Waals surface area contributed by atoms with Crippen LogP contribution >= 0.6 is 0 Å². The zero-order chi connectivity index (χ0) is 20.2. The molecule has 0 spiro atoms. The molecule has 0 amide bonds. The van der Waals surface area contributed by atoms with Crippen LogP contribution in [0.4, 0.5) is 0 Å². The zero-order valence-corrected chi connectivity index (χ0v) is 17.2. The molecule has 0 aliphatic heterocycles. The molecule has 0 bridgehead atoms. The van der Waals surface area contributed by atoms with Gasteiger partial charge in [-0.25, -0.2) is 4.98 Å². The number of ether oxygens (including phenoxy) is 2. The fraction of sp³-hybridized carbons (Fsp3) is 0.240. The van der Waals surface area contributed by atoms with Crippen molar-refractivity contribution < 1.29 is 9.47 Å². The fourth-order valence-electron chi connectivity index (χ4n) is 3.53. The van der Waals surface area contributed by atoms with Crippen LogP contribution in [0.2, 0.25) is 0 Å². The number of nitrogens with zero attached hydrogens (tertiary/aromatic N) is 2. The maximum absolute atomic E-state index is 6.05. The van der Waals surface area contributed by atoms with Crippen LogP contribution in [0.5, 0.6) is 11.5 Å². The van der Waals surface area contributed by atoms with Gasteiger partial charge < -0.3 is 14.0 Å². The average Bonchev–Trinajstić information content (AvgIpc) is 3.12. The predicted molar refractivity (Wildman–Crippen MR) is 118 cm³/mol. The highest BCUT2D eigenvalue weighted by Crippen LogP contribution is 2.27. The summed E-state index contributed by atoms with van der Waals surface area (Å²) in [5.74, 6) is 2.79. The first-order valence-corrected chi connectivity index (χ1v) is 9.95. The van der Waals surface area contributed by atoms with Gasteiger partial charge in [0.1, 0.15) is 17.3 Å². The van der Waals surface area contributed by atoms with Crippen LogP contribution in [0.3, 0.4) is 0 Å². The first-order chi connectivity index (χ1) is 14.2. The van der Waals surface area contributed by atoms with Crippen molar-refractivity contribution in [2.75, 3.05) is 13.7 Å². The van der Waals surface area contributed by atoms with E-state index in [-0.39, 0.29) is 0 Å². The van der Waals surface area contributed by atoms with Crippen molar-refractivity contribution in [1.29, 1.82) is 0 Å². The maximum Gasteiger partial charge on any atom is 0.141 e. The number of hydrogen-bond acceptors (Lipinski definition) is 3. The summed E-state index contributed by atoms with van der Waals surface area (Å²) >= 11 is 0. The first kappa shape index (κ1) is 19.1. The van der Waals surface area contributed by atoms with Crippen molar-refractivity contribution in [3.05, 3.63) is 77.9 Å². The van der Waals surface area contributed by atoms with E-state index in [0.29, 0.717) is 6.61 Å². The number of aryl methyl sites for hydroxylation is 3. The number of hydrogen-bond donors (Lipinski definition) is 0. The highest BCUT2D eigenvalue weighted by molar-refractivity contribution is 5.80. The van der Waals surface area contributed by atoms with Crippen molar-refractivity contribution in [1.82, 2.24) is 9.55 Å². The van der Waals surface area contributed by atoms with Crippen LogP contribution in [0.15, 0.2) is 66.7 Å².